The topological polar surface area (TPSA) is 186 Å². The van der Waals surface area contributed by atoms with Gasteiger partial charge in [0.05, 0.1) is 12.9 Å². The number of phosphoric acid groups is 1. The molecule has 23 heavy (non-hydrogen) atoms. The summed E-state index contributed by atoms with van der Waals surface area (Å²) in [6, 6.07) is 0. The molecular formula is C10H14N5O7P. The smallest absolute Gasteiger partial charge is 0.394 e. The van der Waals surface area contributed by atoms with Gasteiger partial charge in [-0.05, 0) is 0 Å². The van der Waals surface area contributed by atoms with E-state index >= 15 is 0 Å². The summed E-state index contributed by atoms with van der Waals surface area (Å²) in [5.41, 5.74) is 6.21. The van der Waals surface area contributed by atoms with E-state index in [-0.39, 0.29) is 17.0 Å². The number of nitrogen functional groups attached to an aromatic ring is 1. The summed E-state index contributed by atoms with van der Waals surface area (Å²) in [5, 5.41) is 19.6. The molecule has 13 heteroatoms. The monoisotopic (exact) mass is 347 g/mol. The molecule has 3 heterocycles. The highest BCUT2D eigenvalue weighted by atomic mass is 31.2. The van der Waals surface area contributed by atoms with Crippen molar-refractivity contribution in [1.29, 1.82) is 0 Å². The number of nitrogens with zero attached hydrogens (tertiary/aromatic N) is 4. The number of nitrogens with two attached hydrogens (primary N) is 1. The van der Waals surface area contributed by atoms with Crippen molar-refractivity contribution in [1.82, 2.24) is 19.5 Å². The van der Waals surface area contributed by atoms with Crippen LogP contribution < -0.4 is 5.73 Å². The molecule has 0 radical (unpaired) electrons. The highest BCUT2D eigenvalue weighted by molar-refractivity contribution is 7.46. The summed E-state index contributed by atoms with van der Waals surface area (Å²) < 4.78 is 22.3. The zero-order chi connectivity index (χ0) is 16.8. The number of aliphatic hydroxyl groups is 2. The number of hydrogen-bond donors (Lipinski definition) is 5. The molecule has 4 atom stereocenters. The summed E-state index contributed by atoms with van der Waals surface area (Å²) in [7, 11) is -4.88. The second-order valence-electron chi connectivity index (χ2n) is 4.88. The van der Waals surface area contributed by atoms with E-state index in [1.54, 1.807) is 0 Å². The van der Waals surface area contributed by atoms with Gasteiger partial charge in [-0.3, -0.25) is 9.09 Å². The largest absolute Gasteiger partial charge is 0.470 e. The Morgan fingerprint density at radius 3 is 2.78 bits per heavy atom. The van der Waals surface area contributed by atoms with Crippen LogP contribution in [-0.2, 0) is 13.8 Å². The van der Waals surface area contributed by atoms with E-state index in [1.165, 1.54) is 17.2 Å². The number of phosphoric ester groups is 1. The van der Waals surface area contributed by atoms with E-state index in [2.05, 4.69) is 19.5 Å². The Bertz CT molecular complexity index is 763. The molecule has 0 aliphatic carbocycles. The van der Waals surface area contributed by atoms with Crippen molar-refractivity contribution in [2.24, 2.45) is 0 Å². The summed E-state index contributed by atoms with van der Waals surface area (Å²) in [5.74, 6) is 0.128. The third-order valence-electron chi connectivity index (χ3n) is 3.41. The van der Waals surface area contributed by atoms with Crippen molar-refractivity contribution in [3.05, 3.63) is 12.7 Å². The van der Waals surface area contributed by atoms with Gasteiger partial charge in [0, 0.05) is 0 Å². The first kappa shape index (κ1) is 16.2. The van der Waals surface area contributed by atoms with E-state index in [9.17, 15) is 14.8 Å². The molecule has 6 N–H and O–H groups in total. The van der Waals surface area contributed by atoms with Crippen LogP contribution in [0.1, 0.15) is 6.23 Å². The molecule has 1 aliphatic heterocycles. The first-order valence-corrected chi connectivity index (χ1v) is 7.96. The standard InChI is InChI=1S/C10H14N5O7P/c11-8-5-9(13-2-12-8)15(3-14-5)10-6(17)7(4(1-16)21-10)22-23(18,19)20/h2-4,6-7,10,16-17H,1H2,(H2,11,12,13)(H2,18,19,20)/t4?,6-,7-,10-/m1/s1. The van der Waals surface area contributed by atoms with Gasteiger partial charge < -0.3 is 30.5 Å². The second-order valence-corrected chi connectivity index (χ2v) is 6.07. The van der Waals surface area contributed by atoms with Gasteiger partial charge in [0.15, 0.2) is 17.7 Å². The van der Waals surface area contributed by atoms with Crippen LogP contribution in [0, 0.1) is 0 Å². The highest BCUT2D eigenvalue weighted by Gasteiger charge is 2.48. The Hall–Kier alpha value is -1.66. The van der Waals surface area contributed by atoms with Crippen LogP contribution in [0.5, 0.6) is 0 Å². The van der Waals surface area contributed by atoms with E-state index < -0.39 is 39.0 Å². The fraction of sp³-hybridized carbons (Fsp3) is 0.500. The van der Waals surface area contributed by atoms with Crippen LogP contribution in [0.3, 0.4) is 0 Å². The number of anilines is 1. The van der Waals surface area contributed by atoms with Crippen LogP contribution in [-0.4, -0.2) is 64.4 Å². The van der Waals surface area contributed by atoms with Gasteiger partial charge in [-0.25, -0.2) is 19.5 Å². The fourth-order valence-electron chi connectivity index (χ4n) is 2.44. The van der Waals surface area contributed by atoms with Crippen molar-refractivity contribution in [2.45, 2.75) is 24.5 Å². The Labute approximate surface area is 128 Å². The Balaban J connectivity index is 1.96. The zero-order valence-corrected chi connectivity index (χ0v) is 12.4. The summed E-state index contributed by atoms with van der Waals surface area (Å²) >= 11 is 0. The SMILES string of the molecule is Nc1ncnc2c1ncn2[C@@H]1OC(CO)[C@@H](OP(=O)(O)O)[C@H]1O. The minimum absolute atomic E-state index is 0.128. The molecule has 3 rings (SSSR count). The fourth-order valence-corrected chi connectivity index (χ4v) is 3.02. The number of ether oxygens (including phenoxy) is 1. The summed E-state index contributed by atoms with van der Waals surface area (Å²) in [4.78, 5) is 29.6. The number of imidazole rings is 1. The van der Waals surface area contributed by atoms with Crippen LogP contribution in [0.15, 0.2) is 12.7 Å². The van der Waals surface area contributed by atoms with Crippen LogP contribution >= 0.6 is 7.82 Å². The second kappa shape index (κ2) is 5.76. The van der Waals surface area contributed by atoms with Gasteiger partial charge >= 0.3 is 7.82 Å². The lowest BCUT2D eigenvalue weighted by Crippen LogP contribution is -2.35. The highest BCUT2D eigenvalue weighted by Crippen LogP contribution is 2.44. The normalized spacial score (nSPS) is 28.5. The third kappa shape index (κ3) is 2.93. The van der Waals surface area contributed by atoms with Crippen molar-refractivity contribution in [3.63, 3.8) is 0 Å². The Kier molecular flexibility index (Phi) is 4.06. The molecule has 0 saturated carbocycles. The van der Waals surface area contributed by atoms with Gasteiger partial charge in [-0.1, -0.05) is 0 Å². The first-order valence-electron chi connectivity index (χ1n) is 6.43. The Morgan fingerprint density at radius 1 is 1.39 bits per heavy atom. The maximum absolute atomic E-state index is 11.0. The van der Waals surface area contributed by atoms with Crippen molar-refractivity contribution in [3.8, 4) is 0 Å². The lowest BCUT2D eigenvalue weighted by atomic mass is 10.1. The first-order chi connectivity index (χ1) is 10.8. The minimum atomic E-state index is -4.88. The Morgan fingerprint density at radius 2 is 2.13 bits per heavy atom. The van der Waals surface area contributed by atoms with Gasteiger partial charge in [0.2, 0.25) is 0 Å². The molecular weight excluding hydrogens is 333 g/mol. The zero-order valence-electron chi connectivity index (χ0n) is 11.5. The van der Waals surface area contributed by atoms with Crippen LogP contribution in [0.25, 0.3) is 11.2 Å². The van der Waals surface area contributed by atoms with E-state index in [0.29, 0.717) is 0 Å². The average Bonchev–Trinajstić information content (AvgIpc) is 3.01. The number of rotatable bonds is 4. The van der Waals surface area contributed by atoms with Crippen LogP contribution in [0.4, 0.5) is 5.82 Å². The van der Waals surface area contributed by atoms with E-state index in [4.69, 9.17) is 20.3 Å². The summed E-state index contributed by atoms with van der Waals surface area (Å²) in [6.07, 6.45) is -2.68. The quantitative estimate of drug-likeness (QED) is 0.390. The summed E-state index contributed by atoms with van der Waals surface area (Å²) in [6.45, 7) is -0.609. The van der Waals surface area contributed by atoms with Crippen molar-refractivity contribution < 1.29 is 33.8 Å². The third-order valence-corrected chi connectivity index (χ3v) is 3.93. The average molecular weight is 347 g/mol. The molecule has 2 aromatic heterocycles. The van der Waals surface area contributed by atoms with Crippen molar-refractivity contribution >= 4 is 24.8 Å². The molecule has 0 spiro atoms. The maximum atomic E-state index is 11.0. The number of aliphatic hydroxyl groups excluding tert-OH is 2. The molecule has 126 valence electrons. The molecule has 1 saturated heterocycles. The maximum Gasteiger partial charge on any atom is 0.470 e. The molecule has 1 fully saturated rings. The molecule has 2 aromatic rings. The molecule has 0 aromatic carbocycles. The molecule has 0 bridgehead atoms. The van der Waals surface area contributed by atoms with E-state index in [0.717, 1.165) is 0 Å². The molecule has 0 amide bonds. The molecule has 1 unspecified atom stereocenters. The van der Waals surface area contributed by atoms with E-state index in [1.807, 2.05) is 0 Å². The lowest BCUT2D eigenvalue weighted by Gasteiger charge is -2.19. The minimum Gasteiger partial charge on any atom is -0.394 e. The van der Waals surface area contributed by atoms with Crippen molar-refractivity contribution in [2.75, 3.05) is 12.3 Å². The number of hydrogen-bond acceptors (Lipinski definition) is 9. The van der Waals surface area contributed by atoms with Gasteiger partial charge in [0.1, 0.15) is 30.2 Å². The number of aromatic nitrogens is 4. The van der Waals surface area contributed by atoms with Gasteiger partial charge in [0.25, 0.3) is 0 Å². The van der Waals surface area contributed by atoms with Gasteiger partial charge in [-0.15, -0.1) is 0 Å². The van der Waals surface area contributed by atoms with Gasteiger partial charge in [-0.2, -0.15) is 0 Å². The number of fused-ring (bicyclic) bond motifs is 1. The molecule has 1 aliphatic rings. The van der Waals surface area contributed by atoms with Crippen LogP contribution in [0.2, 0.25) is 0 Å². The lowest BCUT2D eigenvalue weighted by molar-refractivity contribution is -0.0509. The predicted octanol–water partition coefficient (Wildman–Crippen LogP) is -1.86. The molecule has 12 nitrogen and oxygen atoms in total. The predicted molar refractivity (Wildman–Crippen MR) is 73.7 cm³/mol.